The molecule has 5 aliphatic rings. The Bertz CT molecular complexity index is 1680. The molecule has 0 bridgehead atoms. The summed E-state index contributed by atoms with van der Waals surface area (Å²) in [6, 6.07) is 10.3. The first kappa shape index (κ1) is 30.3. The first-order chi connectivity index (χ1) is 21.4. The summed E-state index contributed by atoms with van der Waals surface area (Å²) >= 11 is 20.8. The van der Waals surface area contributed by atoms with Crippen molar-refractivity contribution in [2.45, 2.75) is 28.5 Å². The molecule has 1 N–H and O–H groups in total. The number of anilines is 2. The van der Waals surface area contributed by atoms with Gasteiger partial charge in [0.15, 0.2) is 21.2 Å². The summed E-state index contributed by atoms with van der Waals surface area (Å²) in [7, 11) is 2.68. The minimum Gasteiger partial charge on any atom is -0.503 e. The van der Waals surface area contributed by atoms with Gasteiger partial charge in [-0.25, -0.2) is 0 Å². The molecule has 45 heavy (non-hydrogen) atoms. The number of rotatable bonds is 4. The maximum Gasteiger partial charge on any atom is 0.253 e. The number of carbonyl (C=O) groups is 4. The molecule has 0 spiro atoms. The fourth-order valence-corrected chi connectivity index (χ4v) is 9.16. The summed E-state index contributed by atoms with van der Waals surface area (Å²) in [6.07, 6.45) is 1.95. The zero-order chi connectivity index (χ0) is 32.0. The lowest BCUT2D eigenvalue weighted by Crippen LogP contribution is -2.60. The molecule has 6 unspecified atom stereocenters. The largest absolute Gasteiger partial charge is 0.503 e. The lowest BCUT2D eigenvalue weighted by atomic mass is 9.56. The third kappa shape index (κ3) is 4.11. The van der Waals surface area contributed by atoms with E-state index in [9.17, 15) is 24.3 Å². The van der Waals surface area contributed by atoms with E-state index < -0.39 is 51.1 Å². The second-order valence-electron chi connectivity index (χ2n) is 12.2. The zero-order valence-corrected chi connectivity index (χ0v) is 26.7. The molecule has 13 heteroatoms. The topological polar surface area (TPSA) is 117 Å². The maximum absolute atomic E-state index is 14.3. The van der Waals surface area contributed by atoms with Crippen LogP contribution in [-0.2, 0) is 23.9 Å². The van der Waals surface area contributed by atoms with Crippen LogP contribution >= 0.6 is 34.8 Å². The van der Waals surface area contributed by atoms with Crippen molar-refractivity contribution < 1.29 is 33.8 Å². The summed E-state index contributed by atoms with van der Waals surface area (Å²) < 4.78 is 10.8. The normalized spacial score (nSPS) is 32.8. The van der Waals surface area contributed by atoms with Crippen LogP contribution in [0.25, 0.3) is 0 Å². The molecule has 7 rings (SSSR count). The highest BCUT2D eigenvalue weighted by Gasteiger charge is 2.76. The minimum atomic E-state index is -1.97. The van der Waals surface area contributed by atoms with Crippen molar-refractivity contribution in [3.05, 3.63) is 58.6 Å². The van der Waals surface area contributed by atoms with Crippen LogP contribution in [-0.4, -0.2) is 83.8 Å². The van der Waals surface area contributed by atoms with Gasteiger partial charge in [0.25, 0.3) is 11.8 Å². The van der Waals surface area contributed by atoms with Gasteiger partial charge in [0.2, 0.25) is 11.8 Å². The van der Waals surface area contributed by atoms with Crippen LogP contribution in [0.5, 0.6) is 11.5 Å². The molecule has 10 nitrogen and oxygen atoms in total. The summed E-state index contributed by atoms with van der Waals surface area (Å²) in [4.78, 5) is 56.0. The number of carbonyl (C=O) groups excluding carboxylic acids is 4. The quantitative estimate of drug-likeness (QED) is 0.293. The number of halogens is 3. The van der Waals surface area contributed by atoms with E-state index in [1.54, 1.807) is 12.1 Å². The fraction of sp³-hybridized carbons (Fsp3) is 0.438. The van der Waals surface area contributed by atoms with Crippen molar-refractivity contribution in [2.24, 2.45) is 17.8 Å². The number of methoxy groups -OCH3 is 1. The number of ether oxygens (including phenoxy) is 2. The highest BCUT2D eigenvalue weighted by molar-refractivity contribution is 6.53. The molecule has 0 aromatic heterocycles. The number of benzene rings is 2. The highest BCUT2D eigenvalue weighted by Crippen LogP contribution is 2.65. The summed E-state index contributed by atoms with van der Waals surface area (Å²) in [5, 5.41) is 10.4. The lowest BCUT2D eigenvalue weighted by molar-refractivity contribution is -0.138. The van der Waals surface area contributed by atoms with Gasteiger partial charge in [-0.15, -0.1) is 23.2 Å². The van der Waals surface area contributed by atoms with Crippen LogP contribution in [0.3, 0.4) is 0 Å². The molecule has 3 aliphatic heterocycles. The average Bonchev–Trinajstić information content (AvgIpc) is 3.37. The summed E-state index contributed by atoms with van der Waals surface area (Å²) in [5.74, 6) is -5.58. The van der Waals surface area contributed by atoms with Gasteiger partial charge in [-0.05, 0) is 60.7 Å². The Morgan fingerprint density at radius 1 is 0.956 bits per heavy atom. The number of imide groups is 2. The van der Waals surface area contributed by atoms with Crippen LogP contribution in [0.2, 0.25) is 5.02 Å². The SMILES string of the molecule is COc1cc(C2C3=CCC4C(=O)N(c5ccc(N6CCOCC6)cc5)C(=O)C4C3CC3(Cl)C(=O)N(C)C(=O)C23Cl)cc(Cl)c1O. The van der Waals surface area contributed by atoms with Crippen molar-refractivity contribution in [2.75, 3.05) is 50.3 Å². The van der Waals surface area contributed by atoms with E-state index in [1.807, 2.05) is 18.2 Å². The van der Waals surface area contributed by atoms with Crippen LogP contribution in [0.4, 0.5) is 11.4 Å². The number of aromatic hydroxyl groups is 1. The number of nitrogens with zero attached hydrogens (tertiary/aromatic N) is 3. The highest BCUT2D eigenvalue weighted by atomic mass is 35.5. The third-order valence-electron chi connectivity index (χ3n) is 10.1. The third-order valence-corrected chi connectivity index (χ3v) is 11.8. The molecule has 4 fully saturated rings. The monoisotopic (exact) mass is 673 g/mol. The maximum atomic E-state index is 14.3. The lowest BCUT2D eigenvalue weighted by Gasteiger charge is -2.50. The minimum absolute atomic E-state index is 0.0401. The van der Waals surface area contributed by atoms with Crippen LogP contribution in [0.1, 0.15) is 24.3 Å². The molecule has 0 radical (unpaired) electrons. The van der Waals surface area contributed by atoms with E-state index in [4.69, 9.17) is 44.3 Å². The number of fused-ring (bicyclic) bond motifs is 4. The molecule has 4 amide bonds. The van der Waals surface area contributed by atoms with Crippen LogP contribution < -0.4 is 14.5 Å². The molecule has 3 saturated heterocycles. The number of alkyl halides is 2. The number of hydrogen-bond donors (Lipinski definition) is 1. The average molecular weight is 675 g/mol. The van der Waals surface area contributed by atoms with Crippen molar-refractivity contribution in [1.29, 1.82) is 0 Å². The van der Waals surface area contributed by atoms with E-state index >= 15 is 0 Å². The zero-order valence-electron chi connectivity index (χ0n) is 24.5. The second-order valence-corrected chi connectivity index (χ2v) is 13.8. The van der Waals surface area contributed by atoms with Gasteiger partial charge in [-0.2, -0.15) is 0 Å². The Morgan fingerprint density at radius 3 is 2.29 bits per heavy atom. The van der Waals surface area contributed by atoms with Gasteiger partial charge >= 0.3 is 0 Å². The molecule has 236 valence electrons. The van der Waals surface area contributed by atoms with Gasteiger partial charge in [-0.3, -0.25) is 29.0 Å². The van der Waals surface area contributed by atoms with E-state index in [0.717, 1.165) is 23.7 Å². The Morgan fingerprint density at radius 2 is 1.62 bits per heavy atom. The van der Waals surface area contributed by atoms with Gasteiger partial charge in [0, 0.05) is 31.7 Å². The smallest absolute Gasteiger partial charge is 0.253 e. The van der Waals surface area contributed by atoms with Crippen LogP contribution in [0.15, 0.2) is 48.0 Å². The van der Waals surface area contributed by atoms with Gasteiger partial charge in [0.05, 0.1) is 42.9 Å². The first-order valence-corrected chi connectivity index (χ1v) is 15.8. The standard InChI is InChI=1S/C32H30Cl3N3O7/c1-36-29(42)31(34)15-21-19(25(32(31,35)30(36)43)16-13-22(33)26(39)23(14-16)44-2)7-8-20-24(21)28(41)38(27(20)40)18-5-3-17(4-6-18)37-9-11-45-12-10-37/h3-7,13-14,20-21,24-25,39H,8-12,15H2,1-2H3. The predicted octanol–water partition coefficient (Wildman–Crippen LogP) is 4.08. The van der Waals surface area contributed by atoms with Crippen molar-refractivity contribution in [3.63, 3.8) is 0 Å². The van der Waals surface area contributed by atoms with E-state index in [1.165, 1.54) is 31.2 Å². The van der Waals surface area contributed by atoms with Gasteiger partial charge in [-0.1, -0.05) is 23.3 Å². The van der Waals surface area contributed by atoms with Crippen molar-refractivity contribution in [1.82, 2.24) is 4.90 Å². The molecule has 6 atom stereocenters. The van der Waals surface area contributed by atoms with E-state index in [-0.39, 0.29) is 35.3 Å². The van der Waals surface area contributed by atoms with E-state index in [2.05, 4.69) is 4.90 Å². The number of phenols is 1. The number of morpholine rings is 1. The second kappa shape index (κ2) is 10.6. The van der Waals surface area contributed by atoms with Crippen LogP contribution in [0, 0.1) is 17.8 Å². The fourth-order valence-electron chi connectivity index (χ4n) is 7.92. The summed E-state index contributed by atoms with van der Waals surface area (Å²) in [5.41, 5.74) is 2.43. The van der Waals surface area contributed by atoms with Crippen molar-refractivity contribution in [3.8, 4) is 11.5 Å². The Hall–Kier alpha value is -3.31. The number of hydrogen-bond acceptors (Lipinski definition) is 8. The predicted molar refractivity (Wildman–Crippen MR) is 167 cm³/mol. The number of phenolic OH excluding ortho intramolecular Hbond substituents is 1. The molecular weight excluding hydrogens is 645 g/mol. The molecule has 3 heterocycles. The Labute approximate surface area is 274 Å². The molecular formula is C32H30Cl3N3O7. The molecule has 1 saturated carbocycles. The molecule has 2 aromatic carbocycles. The van der Waals surface area contributed by atoms with Gasteiger partial charge in [0.1, 0.15) is 0 Å². The molecule has 2 aromatic rings. The summed E-state index contributed by atoms with van der Waals surface area (Å²) in [6.45, 7) is 2.76. The number of amides is 4. The Balaban J connectivity index is 1.31. The Kier molecular flexibility index (Phi) is 7.16. The number of allylic oxidation sites excluding steroid dienone is 2. The van der Waals surface area contributed by atoms with E-state index in [0.29, 0.717) is 30.0 Å². The molecule has 2 aliphatic carbocycles. The first-order valence-electron chi connectivity index (χ1n) is 14.7. The number of likely N-dealkylation sites (tertiary alicyclic amines) is 1. The van der Waals surface area contributed by atoms with Crippen molar-refractivity contribution >= 4 is 69.8 Å². The van der Waals surface area contributed by atoms with Gasteiger partial charge < -0.3 is 19.5 Å².